The summed E-state index contributed by atoms with van der Waals surface area (Å²) in [4.78, 5) is 43.1. The highest BCUT2D eigenvalue weighted by Gasteiger charge is 2.55. The summed E-state index contributed by atoms with van der Waals surface area (Å²) in [6.07, 6.45) is 1.42. The SMILES string of the molecule is CC(C)(C)OC(=O)C1(CC(=O)c2ccccc2)Cc2ncccc2C1=O. The number of carbonyl (C=O) groups excluding carboxylic acids is 3. The van der Waals surface area contributed by atoms with Crippen LogP contribution in [0.15, 0.2) is 48.7 Å². The molecule has 1 aromatic carbocycles. The molecule has 0 N–H and O–H groups in total. The number of hydrogen-bond acceptors (Lipinski definition) is 5. The average molecular weight is 351 g/mol. The number of esters is 1. The van der Waals surface area contributed by atoms with Crippen molar-refractivity contribution in [1.29, 1.82) is 0 Å². The van der Waals surface area contributed by atoms with E-state index in [0.717, 1.165) is 0 Å². The summed E-state index contributed by atoms with van der Waals surface area (Å²) in [5.41, 5.74) is -0.935. The van der Waals surface area contributed by atoms with Crippen LogP contribution in [-0.2, 0) is 16.0 Å². The second kappa shape index (κ2) is 6.48. The van der Waals surface area contributed by atoms with Crippen LogP contribution >= 0.6 is 0 Å². The number of rotatable bonds is 4. The van der Waals surface area contributed by atoms with E-state index in [1.54, 1.807) is 69.4 Å². The minimum absolute atomic E-state index is 0.0789. The van der Waals surface area contributed by atoms with Crippen molar-refractivity contribution in [2.75, 3.05) is 0 Å². The number of Topliss-reactive ketones (excluding diaryl/α,β-unsaturated/α-hetero) is 2. The third-order valence-electron chi connectivity index (χ3n) is 4.39. The van der Waals surface area contributed by atoms with Gasteiger partial charge in [0.15, 0.2) is 11.6 Å². The average Bonchev–Trinajstić information content (AvgIpc) is 2.88. The fourth-order valence-corrected chi connectivity index (χ4v) is 3.17. The van der Waals surface area contributed by atoms with E-state index in [9.17, 15) is 14.4 Å². The second-order valence-electron chi connectivity index (χ2n) is 7.55. The summed E-state index contributed by atoms with van der Waals surface area (Å²) in [5, 5.41) is 0. The number of pyridine rings is 1. The fraction of sp³-hybridized carbons (Fsp3) is 0.333. The standard InChI is InChI=1S/C21H21NO4/c1-20(2,3)26-19(25)21(13-17(23)14-8-5-4-6-9-14)12-16-15(18(21)24)10-7-11-22-16/h4-11H,12-13H2,1-3H3. The number of ketones is 2. The Morgan fingerprint density at radius 3 is 2.42 bits per heavy atom. The summed E-state index contributed by atoms with van der Waals surface area (Å²) < 4.78 is 5.52. The normalized spacial score (nSPS) is 19.1. The maximum Gasteiger partial charge on any atom is 0.321 e. The van der Waals surface area contributed by atoms with E-state index in [1.807, 2.05) is 0 Å². The first-order valence-electron chi connectivity index (χ1n) is 8.53. The first kappa shape index (κ1) is 18.0. The van der Waals surface area contributed by atoms with Crippen LogP contribution in [0.25, 0.3) is 0 Å². The molecule has 1 aliphatic carbocycles. The zero-order valence-electron chi connectivity index (χ0n) is 15.1. The fourth-order valence-electron chi connectivity index (χ4n) is 3.17. The van der Waals surface area contributed by atoms with Crippen molar-refractivity contribution in [3.63, 3.8) is 0 Å². The lowest BCUT2D eigenvalue weighted by molar-refractivity contribution is -0.164. The van der Waals surface area contributed by atoms with Gasteiger partial charge < -0.3 is 4.74 Å². The molecule has 1 atom stereocenters. The quantitative estimate of drug-likeness (QED) is 0.479. The maximum atomic E-state index is 13.1. The van der Waals surface area contributed by atoms with E-state index in [2.05, 4.69) is 4.98 Å². The van der Waals surface area contributed by atoms with Gasteiger partial charge in [-0.2, -0.15) is 0 Å². The van der Waals surface area contributed by atoms with Gasteiger partial charge in [-0.05, 0) is 32.9 Å². The Kier molecular flexibility index (Phi) is 4.48. The highest BCUT2D eigenvalue weighted by molar-refractivity contribution is 6.18. The molecule has 0 aliphatic heterocycles. The first-order chi connectivity index (χ1) is 12.2. The lowest BCUT2D eigenvalue weighted by Gasteiger charge is -2.29. The van der Waals surface area contributed by atoms with Crippen molar-refractivity contribution in [2.45, 2.75) is 39.2 Å². The van der Waals surface area contributed by atoms with Crippen LogP contribution in [0.1, 0.15) is 53.6 Å². The molecule has 1 aromatic heterocycles. The molecule has 0 spiro atoms. The van der Waals surface area contributed by atoms with Crippen molar-refractivity contribution in [1.82, 2.24) is 4.98 Å². The molecule has 1 aliphatic rings. The molecule has 1 unspecified atom stereocenters. The molecule has 0 fully saturated rings. The molecule has 0 saturated heterocycles. The molecule has 5 heteroatoms. The van der Waals surface area contributed by atoms with Crippen LogP contribution in [0.4, 0.5) is 0 Å². The zero-order valence-corrected chi connectivity index (χ0v) is 15.1. The monoisotopic (exact) mass is 351 g/mol. The van der Waals surface area contributed by atoms with Crippen molar-refractivity contribution >= 4 is 17.5 Å². The summed E-state index contributed by atoms with van der Waals surface area (Å²) in [6, 6.07) is 12.0. The number of benzene rings is 1. The lowest BCUT2D eigenvalue weighted by Crippen LogP contribution is -2.43. The molecular formula is C21H21NO4. The smallest absolute Gasteiger partial charge is 0.321 e. The molecule has 0 radical (unpaired) electrons. The zero-order chi connectivity index (χ0) is 18.9. The van der Waals surface area contributed by atoms with E-state index < -0.39 is 17.0 Å². The number of carbonyl (C=O) groups is 3. The molecule has 0 saturated carbocycles. The van der Waals surface area contributed by atoms with E-state index >= 15 is 0 Å². The van der Waals surface area contributed by atoms with E-state index in [-0.39, 0.29) is 24.4 Å². The van der Waals surface area contributed by atoms with Gasteiger partial charge >= 0.3 is 5.97 Å². The Balaban J connectivity index is 2.00. The summed E-state index contributed by atoms with van der Waals surface area (Å²) in [7, 11) is 0. The van der Waals surface area contributed by atoms with E-state index in [4.69, 9.17) is 4.74 Å². The van der Waals surface area contributed by atoms with E-state index in [0.29, 0.717) is 16.8 Å². The number of nitrogens with zero attached hydrogens (tertiary/aromatic N) is 1. The Labute approximate surface area is 152 Å². The number of hydrogen-bond donors (Lipinski definition) is 0. The Bertz CT molecular complexity index is 867. The Hall–Kier alpha value is -2.82. The minimum atomic E-state index is -1.56. The summed E-state index contributed by atoms with van der Waals surface area (Å²) in [5.74, 6) is -1.32. The number of aromatic nitrogens is 1. The third-order valence-corrected chi connectivity index (χ3v) is 4.39. The van der Waals surface area contributed by atoms with Crippen molar-refractivity contribution in [3.8, 4) is 0 Å². The topological polar surface area (TPSA) is 73.3 Å². The van der Waals surface area contributed by atoms with Gasteiger partial charge in [0.1, 0.15) is 11.0 Å². The van der Waals surface area contributed by atoms with Gasteiger partial charge in [0.05, 0.1) is 5.69 Å². The lowest BCUT2D eigenvalue weighted by atomic mass is 9.78. The second-order valence-corrected chi connectivity index (χ2v) is 7.55. The van der Waals surface area contributed by atoms with Crippen LogP contribution in [0.3, 0.4) is 0 Å². The van der Waals surface area contributed by atoms with Gasteiger partial charge in [0.25, 0.3) is 0 Å². The summed E-state index contributed by atoms with van der Waals surface area (Å²) >= 11 is 0. The largest absolute Gasteiger partial charge is 0.459 e. The van der Waals surface area contributed by atoms with Crippen LogP contribution in [0, 0.1) is 5.41 Å². The molecule has 26 heavy (non-hydrogen) atoms. The summed E-state index contributed by atoms with van der Waals surface area (Å²) in [6.45, 7) is 5.22. The number of fused-ring (bicyclic) bond motifs is 1. The predicted molar refractivity (Wildman–Crippen MR) is 95.9 cm³/mol. The van der Waals surface area contributed by atoms with Crippen LogP contribution in [0.5, 0.6) is 0 Å². The van der Waals surface area contributed by atoms with Gasteiger partial charge in [-0.3, -0.25) is 19.4 Å². The van der Waals surface area contributed by atoms with Gasteiger partial charge in [-0.25, -0.2) is 0 Å². The molecule has 3 rings (SSSR count). The van der Waals surface area contributed by atoms with Gasteiger partial charge in [-0.15, -0.1) is 0 Å². The van der Waals surface area contributed by atoms with Gasteiger partial charge in [0, 0.05) is 30.2 Å². The maximum absolute atomic E-state index is 13.1. The molecule has 5 nitrogen and oxygen atoms in total. The van der Waals surface area contributed by atoms with E-state index in [1.165, 1.54) is 0 Å². The number of ether oxygens (including phenoxy) is 1. The van der Waals surface area contributed by atoms with Crippen molar-refractivity contribution in [3.05, 3.63) is 65.5 Å². The highest BCUT2D eigenvalue weighted by atomic mass is 16.6. The Morgan fingerprint density at radius 1 is 1.12 bits per heavy atom. The Morgan fingerprint density at radius 2 is 1.81 bits per heavy atom. The predicted octanol–water partition coefficient (Wildman–Crippen LogP) is 3.42. The van der Waals surface area contributed by atoms with Crippen molar-refractivity contribution < 1.29 is 19.1 Å². The van der Waals surface area contributed by atoms with Gasteiger partial charge in [0.2, 0.25) is 0 Å². The molecule has 134 valence electrons. The third kappa shape index (κ3) is 3.29. The highest BCUT2D eigenvalue weighted by Crippen LogP contribution is 2.41. The molecule has 0 bridgehead atoms. The van der Waals surface area contributed by atoms with Crippen LogP contribution < -0.4 is 0 Å². The molecule has 1 heterocycles. The molecule has 0 amide bonds. The van der Waals surface area contributed by atoms with Gasteiger partial charge in [-0.1, -0.05) is 30.3 Å². The first-order valence-corrected chi connectivity index (χ1v) is 8.53. The van der Waals surface area contributed by atoms with Crippen molar-refractivity contribution in [2.24, 2.45) is 5.41 Å². The minimum Gasteiger partial charge on any atom is -0.459 e. The molecule has 2 aromatic rings. The van der Waals surface area contributed by atoms with Crippen LogP contribution in [0.2, 0.25) is 0 Å². The molecular weight excluding hydrogens is 330 g/mol. The van der Waals surface area contributed by atoms with Crippen LogP contribution in [-0.4, -0.2) is 28.1 Å².